The van der Waals surface area contributed by atoms with Crippen molar-refractivity contribution in [3.63, 3.8) is 0 Å². The lowest BCUT2D eigenvalue weighted by molar-refractivity contribution is -0.583. The molecule has 2 N–H and O–H groups in total. The van der Waals surface area contributed by atoms with Crippen LogP contribution in [0.1, 0.15) is 0 Å². The maximum atomic E-state index is 11.9. The van der Waals surface area contributed by atoms with Crippen LogP contribution in [0, 0.1) is 0 Å². The van der Waals surface area contributed by atoms with Crippen molar-refractivity contribution in [2.45, 2.75) is 0 Å². The summed E-state index contributed by atoms with van der Waals surface area (Å²) >= 11 is 0. The Labute approximate surface area is 79.3 Å². The van der Waals surface area contributed by atoms with E-state index in [1.165, 1.54) is 6.20 Å². The van der Waals surface area contributed by atoms with E-state index in [2.05, 4.69) is 4.99 Å². The topological polar surface area (TPSA) is 128 Å². The Bertz CT molecular complexity index is 416. The molecule has 0 aromatic heterocycles. The summed E-state index contributed by atoms with van der Waals surface area (Å²) in [6, 6.07) is 0. The van der Waals surface area contributed by atoms with Gasteiger partial charge in [-0.1, -0.05) is 3.89 Å². The van der Waals surface area contributed by atoms with Gasteiger partial charge in [0.2, 0.25) is 16.7 Å². The van der Waals surface area contributed by atoms with E-state index in [0.717, 1.165) is 12.5 Å². The molecule has 0 aliphatic carbocycles. The minimum atomic E-state index is -4.92. The minimum Gasteiger partial charge on any atom is -0.726 e. The van der Waals surface area contributed by atoms with Gasteiger partial charge in [-0.25, -0.2) is 13.4 Å². The van der Waals surface area contributed by atoms with E-state index < -0.39 is 20.8 Å². The molecule has 8 nitrogen and oxygen atoms in total. The maximum Gasteiger partial charge on any atom is 0.483 e. The van der Waals surface area contributed by atoms with Crippen LogP contribution in [-0.4, -0.2) is 32.3 Å². The predicted octanol–water partition coefficient (Wildman–Crippen LogP) is -2.40. The number of aliphatic imine (C=N–C) groups is 1. The van der Waals surface area contributed by atoms with Crippen LogP contribution in [0.5, 0.6) is 0 Å². The van der Waals surface area contributed by atoms with E-state index in [9.17, 15) is 12.3 Å². The SMILES string of the molecule is O=S(=O)(F)[NH+]1C=CN=C1.O=S(=O)([O-])O. The highest BCUT2D eigenvalue weighted by molar-refractivity contribution is 7.80. The fourth-order valence-electron chi connectivity index (χ4n) is 0.420. The van der Waals surface area contributed by atoms with Gasteiger partial charge in [-0.05, 0) is 0 Å². The number of nitrogens with one attached hydrogen (secondary N) is 1. The molecule has 0 fully saturated rings. The largest absolute Gasteiger partial charge is 0.726 e. The number of halogens is 1. The van der Waals surface area contributed by atoms with Crippen LogP contribution < -0.4 is 4.31 Å². The highest BCUT2D eigenvalue weighted by Crippen LogP contribution is 1.79. The van der Waals surface area contributed by atoms with Crippen LogP contribution in [0.2, 0.25) is 0 Å². The Morgan fingerprint density at radius 3 is 1.93 bits per heavy atom. The lowest BCUT2D eigenvalue weighted by Crippen LogP contribution is -3.06. The second kappa shape index (κ2) is 4.56. The van der Waals surface area contributed by atoms with Gasteiger partial charge in [-0.2, -0.15) is 0 Å². The van der Waals surface area contributed by atoms with Gasteiger partial charge >= 0.3 is 10.4 Å². The van der Waals surface area contributed by atoms with Crippen molar-refractivity contribution in [3.8, 4) is 0 Å². The molecule has 0 aromatic rings. The third-order valence-corrected chi connectivity index (χ3v) is 1.61. The molecule has 1 heterocycles. The summed E-state index contributed by atoms with van der Waals surface area (Å²) in [6.07, 6.45) is 3.26. The van der Waals surface area contributed by atoms with Crippen molar-refractivity contribution in [2.24, 2.45) is 4.99 Å². The number of hydrogen-bond acceptors (Lipinski definition) is 6. The molecule has 11 heteroatoms. The van der Waals surface area contributed by atoms with Gasteiger partial charge in [0.15, 0.2) is 0 Å². The molecular formula is C3H5FN2O6S2. The third-order valence-electron chi connectivity index (χ3n) is 0.808. The van der Waals surface area contributed by atoms with Crippen molar-refractivity contribution in [2.75, 3.05) is 0 Å². The molecule has 1 unspecified atom stereocenters. The molecule has 0 saturated heterocycles. The Morgan fingerprint density at radius 2 is 1.79 bits per heavy atom. The van der Waals surface area contributed by atoms with Crippen molar-refractivity contribution in [3.05, 3.63) is 12.4 Å². The van der Waals surface area contributed by atoms with Crippen LogP contribution in [0.3, 0.4) is 0 Å². The van der Waals surface area contributed by atoms with E-state index in [-0.39, 0.29) is 4.31 Å². The Morgan fingerprint density at radius 1 is 1.36 bits per heavy atom. The molecule has 1 aliphatic rings. The van der Waals surface area contributed by atoms with Crippen LogP contribution in [0.25, 0.3) is 0 Å². The smallest absolute Gasteiger partial charge is 0.483 e. The lowest BCUT2D eigenvalue weighted by atomic mass is 11.0. The van der Waals surface area contributed by atoms with E-state index in [0.29, 0.717) is 0 Å². The fraction of sp³-hybridized carbons (Fsp3) is 0. The zero-order valence-electron chi connectivity index (χ0n) is 6.36. The third kappa shape index (κ3) is 7.75. The maximum absolute atomic E-state index is 11.9. The predicted molar refractivity (Wildman–Crippen MR) is 40.9 cm³/mol. The first-order chi connectivity index (χ1) is 6.11. The molecule has 1 aliphatic heterocycles. The molecule has 0 spiro atoms. The number of quaternary nitrogens is 1. The lowest BCUT2D eigenvalue weighted by Gasteiger charge is -1.93. The number of nitrogens with zero attached hydrogens (tertiary/aromatic N) is 1. The Kier molecular flexibility index (Phi) is 4.28. The molecule has 1 atom stereocenters. The Hall–Kier alpha value is -0.880. The summed E-state index contributed by atoms with van der Waals surface area (Å²) in [6.45, 7) is 0. The van der Waals surface area contributed by atoms with Gasteiger partial charge in [-0.3, -0.25) is 4.55 Å². The van der Waals surface area contributed by atoms with Gasteiger partial charge in [0.1, 0.15) is 6.20 Å². The van der Waals surface area contributed by atoms with Crippen LogP contribution in [0.15, 0.2) is 17.4 Å². The van der Waals surface area contributed by atoms with Gasteiger partial charge in [0, 0.05) is 0 Å². The molecule has 14 heavy (non-hydrogen) atoms. The molecule has 0 bridgehead atoms. The van der Waals surface area contributed by atoms with Crippen LogP contribution in [-0.2, 0) is 20.8 Å². The molecule has 1 rings (SSSR count). The Balaban J connectivity index is 0.000000292. The quantitative estimate of drug-likeness (QED) is 0.302. The van der Waals surface area contributed by atoms with Crippen molar-refractivity contribution >= 4 is 27.1 Å². The van der Waals surface area contributed by atoms with E-state index >= 15 is 0 Å². The van der Waals surface area contributed by atoms with Crippen LogP contribution >= 0.6 is 0 Å². The zero-order valence-corrected chi connectivity index (χ0v) is 8.00. The van der Waals surface area contributed by atoms with Gasteiger partial charge in [0.05, 0.1) is 6.20 Å². The van der Waals surface area contributed by atoms with Crippen molar-refractivity contribution < 1.29 is 34.1 Å². The molecule has 82 valence electrons. The summed E-state index contributed by atoms with van der Waals surface area (Å²) in [4.78, 5) is 3.37. The first kappa shape index (κ1) is 13.1. The summed E-state index contributed by atoms with van der Waals surface area (Å²) in [5.41, 5.74) is 0. The van der Waals surface area contributed by atoms with E-state index in [1.807, 2.05) is 0 Å². The highest BCUT2D eigenvalue weighted by Gasteiger charge is 2.22. The van der Waals surface area contributed by atoms with Gasteiger partial charge in [0.25, 0.3) is 0 Å². The standard InChI is InChI=1S/C3H3FN2O2S.H2O4S/c4-9(7,8)6-2-1-5-3-6;1-5(2,3)4/h1-3H;(H2,1,2,3,4). The first-order valence-electron chi connectivity index (χ1n) is 2.80. The molecule has 0 saturated carbocycles. The molecule has 0 amide bonds. The second-order valence-corrected chi connectivity index (χ2v) is 4.06. The minimum absolute atomic E-state index is 0.387. The van der Waals surface area contributed by atoms with E-state index in [1.54, 1.807) is 0 Å². The monoisotopic (exact) mass is 248 g/mol. The first-order valence-corrected chi connectivity index (χ1v) is 5.55. The molecular weight excluding hydrogens is 243 g/mol. The molecule has 0 aromatic carbocycles. The van der Waals surface area contributed by atoms with Gasteiger partial charge in [-0.15, -0.1) is 12.7 Å². The summed E-state index contributed by atoms with van der Waals surface area (Å²) in [5.74, 6) is 0. The summed E-state index contributed by atoms with van der Waals surface area (Å²) < 4.78 is 64.3. The number of hydrogen-bond donors (Lipinski definition) is 2. The summed E-state index contributed by atoms with van der Waals surface area (Å²) in [7, 11) is -9.44. The second-order valence-electron chi connectivity index (χ2n) is 1.86. The van der Waals surface area contributed by atoms with Crippen molar-refractivity contribution in [1.29, 1.82) is 0 Å². The van der Waals surface area contributed by atoms with E-state index in [4.69, 9.17) is 17.5 Å². The highest BCUT2D eigenvalue weighted by atomic mass is 32.3. The van der Waals surface area contributed by atoms with Crippen LogP contribution in [0.4, 0.5) is 3.89 Å². The average Bonchev–Trinajstić information content (AvgIpc) is 2.28. The average molecular weight is 248 g/mol. The van der Waals surface area contributed by atoms with Crippen molar-refractivity contribution in [1.82, 2.24) is 0 Å². The normalized spacial score (nSPS) is 20.4. The number of rotatable bonds is 1. The molecule has 0 radical (unpaired) electrons. The summed E-state index contributed by atoms with van der Waals surface area (Å²) in [5, 5.41) is 0. The fourth-order valence-corrected chi connectivity index (χ4v) is 0.830. The van der Waals surface area contributed by atoms with Gasteiger partial charge < -0.3 is 4.55 Å². The zero-order chi connectivity index (χ0) is 11.4.